The maximum absolute atomic E-state index is 12.6. The first-order valence-corrected chi connectivity index (χ1v) is 13.1. The van der Waals surface area contributed by atoms with Gasteiger partial charge in [0.15, 0.2) is 22.3 Å². The van der Waals surface area contributed by atoms with Gasteiger partial charge in [0.05, 0.1) is 0 Å². The molecule has 1 atom stereocenters. The van der Waals surface area contributed by atoms with E-state index >= 15 is 0 Å². The number of aromatic nitrogens is 1. The molecule has 0 aliphatic heterocycles. The van der Waals surface area contributed by atoms with E-state index in [1.54, 1.807) is 12.1 Å². The number of hydrogen-bond acceptors (Lipinski definition) is 6. The van der Waals surface area contributed by atoms with E-state index in [1.165, 1.54) is 12.1 Å². The zero-order valence-electron chi connectivity index (χ0n) is 17.9. The van der Waals surface area contributed by atoms with Gasteiger partial charge in [0.2, 0.25) is 0 Å². The highest BCUT2D eigenvalue weighted by Crippen LogP contribution is 2.47. The van der Waals surface area contributed by atoms with E-state index in [0.29, 0.717) is 29.0 Å². The molecule has 0 bridgehead atoms. The number of benzene rings is 1. The molecule has 0 radical (unpaired) electrons. The summed E-state index contributed by atoms with van der Waals surface area (Å²) in [6.45, 7) is 2.14. The summed E-state index contributed by atoms with van der Waals surface area (Å²) in [5.74, 6) is 1.12. The largest absolute Gasteiger partial charge is 0.441 e. The van der Waals surface area contributed by atoms with Gasteiger partial charge in [0.25, 0.3) is 5.91 Å². The van der Waals surface area contributed by atoms with E-state index in [4.69, 9.17) is 25.2 Å². The Bertz CT molecular complexity index is 1270. The number of nitrogens with zero attached hydrogens (tertiary/aromatic N) is 1. The van der Waals surface area contributed by atoms with Gasteiger partial charge in [-0.05, 0) is 73.8 Å². The Hall–Kier alpha value is -2.32. The third-order valence-corrected chi connectivity index (χ3v) is 8.71. The second kappa shape index (κ2) is 7.92. The maximum atomic E-state index is 12.6. The highest BCUT2D eigenvalue weighted by atomic mass is 35.5. The molecule has 3 aromatic rings. The van der Waals surface area contributed by atoms with Gasteiger partial charge < -0.3 is 14.2 Å². The summed E-state index contributed by atoms with van der Waals surface area (Å²) in [6, 6.07) is 8.46. The summed E-state index contributed by atoms with van der Waals surface area (Å²) in [7, 11) is -2.97. The molecule has 2 heterocycles. The smallest absolute Gasteiger partial charge is 0.287 e. The van der Waals surface area contributed by atoms with Crippen LogP contribution in [0.5, 0.6) is 0 Å². The molecule has 2 aromatic heterocycles. The molecule has 1 amide bonds. The van der Waals surface area contributed by atoms with E-state index in [0.717, 1.165) is 43.2 Å². The molecule has 2 aliphatic rings. The minimum Gasteiger partial charge on any atom is -0.441 e. The van der Waals surface area contributed by atoms with Crippen LogP contribution in [0.3, 0.4) is 0 Å². The number of hydrogen-bond donors (Lipinski definition) is 2. The lowest BCUT2D eigenvalue weighted by Crippen LogP contribution is -2.51. The number of fused-ring (bicyclic) bond motifs is 1. The third kappa shape index (κ3) is 4.30. The topological polar surface area (TPSA) is 109 Å². The van der Waals surface area contributed by atoms with Crippen LogP contribution in [-0.4, -0.2) is 26.9 Å². The summed E-state index contributed by atoms with van der Waals surface area (Å²) < 4.78 is 32.1. The van der Waals surface area contributed by atoms with Gasteiger partial charge in [-0.1, -0.05) is 18.5 Å². The van der Waals surface area contributed by atoms with E-state index in [2.05, 4.69) is 17.2 Å². The number of halogens is 1. The van der Waals surface area contributed by atoms with Crippen LogP contribution in [0.1, 0.15) is 55.5 Å². The Balaban J connectivity index is 1.20. The lowest BCUT2D eigenvalue weighted by molar-refractivity contribution is 0.0575. The van der Waals surface area contributed by atoms with Gasteiger partial charge in [-0.25, -0.2) is 14.0 Å². The van der Waals surface area contributed by atoms with E-state index in [-0.39, 0.29) is 28.2 Å². The van der Waals surface area contributed by atoms with Crippen molar-refractivity contribution >= 4 is 38.3 Å². The highest BCUT2D eigenvalue weighted by Gasteiger charge is 2.44. The molecule has 0 spiro atoms. The highest BCUT2D eigenvalue weighted by molar-refractivity contribution is 7.92. The minimum atomic E-state index is -2.97. The normalized spacial score (nSPS) is 24.8. The molecule has 32 heavy (non-hydrogen) atoms. The number of amides is 1. The first-order valence-electron chi connectivity index (χ1n) is 11.0. The molecule has 2 aliphatic carbocycles. The Morgan fingerprint density at radius 2 is 2.06 bits per heavy atom. The van der Waals surface area contributed by atoms with Crippen LogP contribution in [-0.2, 0) is 16.1 Å². The molecule has 7 nitrogen and oxygen atoms in total. The fourth-order valence-electron chi connectivity index (χ4n) is 4.56. The second-order valence-corrected chi connectivity index (χ2v) is 11.8. The van der Waals surface area contributed by atoms with Crippen molar-refractivity contribution in [3.63, 3.8) is 0 Å². The number of rotatable bonds is 8. The second-order valence-electron chi connectivity index (χ2n) is 9.23. The van der Waals surface area contributed by atoms with Gasteiger partial charge in [-0.3, -0.25) is 4.79 Å². The van der Waals surface area contributed by atoms with E-state index in [1.807, 2.05) is 6.07 Å². The standard InChI is InChI=1S/C23H26ClN3O4S/c1-2-23(12-20-27-17-9-15(24)5-6-18(17)30-20)10-16(11-23)26-22(28)19-7-8-21(31-19)32(25,29)13-14-3-4-14/h5-9,14,16,25H,2-4,10-13H2,1H3,(H,26,28). The van der Waals surface area contributed by atoms with Gasteiger partial charge in [0.1, 0.15) is 15.2 Å². The Labute approximate surface area is 191 Å². The summed E-state index contributed by atoms with van der Waals surface area (Å²) in [5.41, 5.74) is 1.50. The summed E-state index contributed by atoms with van der Waals surface area (Å²) in [4.78, 5) is 17.2. The first-order chi connectivity index (χ1) is 15.2. The fourth-order valence-corrected chi connectivity index (χ4v) is 6.40. The molecule has 1 unspecified atom stereocenters. The zero-order valence-corrected chi connectivity index (χ0v) is 19.4. The number of oxazole rings is 1. The number of nitrogens with one attached hydrogen (secondary N) is 2. The predicted molar refractivity (Wildman–Crippen MR) is 121 cm³/mol. The summed E-state index contributed by atoms with van der Waals surface area (Å²) in [5, 5.41) is 3.73. The quantitative estimate of drug-likeness (QED) is 0.452. The molecule has 0 saturated heterocycles. The molecule has 9 heteroatoms. The average Bonchev–Trinajstić information content (AvgIpc) is 3.22. The molecular weight excluding hydrogens is 450 g/mol. The summed E-state index contributed by atoms with van der Waals surface area (Å²) in [6.07, 6.45) is 5.32. The molecule has 2 N–H and O–H groups in total. The molecule has 170 valence electrons. The average molecular weight is 476 g/mol. The van der Waals surface area contributed by atoms with Crippen LogP contribution in [0.15, 0.2) is 44.3 Å². The SMILES string of the molecule is CCC1(Cc2nc3cc(Cl)ccc3o2)CC(NC(=O)c2ccc(S(=N)(=O)CC3CC3)o2)C1. The molecule has 5 rings (SSSR count). The minimum absolute atomic E-state index is 0.0245. The third-order valence-electron chi connectivity index (χ3n) is 6.66. The van der Waals surface area contributed by atoms with Gasteiger partial charge in [-0.15, -0.1) is 0 Å². The van der Waals surface area contributed by atoms with Gasteiger partial charge in [-0.2, -0.15) is 0 Å². The maximum Gasteiger partial charge on any atom is 0.287 e. The monoisotopic (exact) mass is 475 g/mol. The van der Waals surface area contributed by atoms with Crippen molar-refractivity contribution in [3.8, 4) is 0 Å². The van der Waals surface area contributed by atoms with Crippen molar-refractivity contribution < 1.29 is 17.8 Å². The van der Waals surface area contributed by atoms with Crippen LogP contribution in [0.25, 0.3) is 11.1 Å². The van der Waals surface area contributed by atoms with E-state index in [9.17, 15) is 9.00 Å². The lowest BCUT2D eigenvalue weighted by atomic mass is 9.62. The Kier molecular flexibility index (Phi) is 5.33. The summed E-state index contributed by atoms with van der Waals surface area (Å²) >= 11 is 6.04. The number of carbonyl (C=O) groups is 1. The van der Waals surface area contributed by atoms with E-state index < -0.39 is 9.73 Å². The van der Waals surface area contributed by atoms with Crippen molar-refractivity contribution in [2.45, 2.75) is 56.6 Å². The van der Waals surface area contributed by atoms with Crippen molar-refractivity contribution in [1.29, 1.82) is 4.78 Å². The van der Waals surface area contributed by atoms with Crippen LogP contribution in [0, 0.1) is 16.1 Å². The molecule has 2 fully saturated rings. The zero-order chi connectivity index (χ0) is 22.5. The predicted octanol–water partition coefficient (Wildman–Crippen LogP) is 5.42. The van der Waals surface area contributed by atoms with Crippen LogP contribution in [0.2, 0.25) is 5.02 Å². The lowest BCUT2D eigenvalue weighted by Gasteiger charge is -2.47. The number of furan rings is 1. The van der Waals surface area contributed by atoms with Gasteiger partial charge in [0, 0.05) is 23.2 Å². The van der Waals surface area contributed by atoms with Crippen molar-refractivity contribution in [3.05, 3.63) is 47.0 Å². The van der Waals surface area contributed by atoms with Crippen molar-refractivity contribution in [2.24, 2.45) is 11.3 Å². The molecular formula is C23H26ClN3O4S. The molecule has 2 saturated carbocycles. The fraction of sp³-hybridized carbons (Fsp3) is 0.478. The number of carbonyl (C=O) groups excluding carboxylic acids is 1. The van der Waals surface area contributed by atoms with Crippen molar-refractivity contribution in [1.82, 2.24) is 10.3 Å². The van der Waals surface area contributed by atoms with Crippen LogP contribution in [0.4, 0.5) is 0 Å². The van der Waals surface area contributed by atoms with Crippen molar-refractivity contribution in [2.75, 3.05) is 5.75 Å². The molecule has 1 aromatic carbocycles. The van der Waals surface area contributed by atoms with Crippen LogP contribution >= 0.6 is 11.6 Å². The Morgan fingerprint density at radius 1 is 1.28 bits per heavy atom. The first kappa shape index (κ1) is 21.5. The van der Waals surface area contributed by atoms with Gasteiger partial charge >= 0.3 is 0 Å². The Morgan fingerprint density at radius 3 is 2.78 bits per heavy atom. The van der Waals surface area contributed by atoms with Crippen LogP contribution < -0.4 is 5.32 Å².